The van der Waals surface area contributed by atoms with Crippen LogP contribution in [0.15, 0.2) is 45.8 Å². The van der Waals surface area contributed by atoms with Crippen molar-refractivity contribution in [1.82, 2.24) is 0 Å². The maximum atomic E-state index is 13.7. The molecule has 0 fully saturated rings. The van der Waals surface area contributed by atoms with Crippen LogP contribution in [0.2, 0.25) is 0 Å². The van der Waals surface area contributed by atoms with Crippen LogP contribution in [-0.2, 0) is 5.75 Å². The monoisotopic (exact) mass is 354 g/mol. The zero-order chi connectivity index (χ0) is 14.7. The molecule has 0 aliphatic rings. The molecule has 3 nitrogen and oxygen atoms in total. The van der Waals surface area contributed by atoms with E-state index in [4.69, 9.17) is 11.5 Å². The number of thioether (sulfide) groups is 1. The number of amides is 1. The van der Waals surface area contributed by atoms with Crippen molar-refractivity contribution >= 4 is 39.3 Å². The molecule has 104 valence electrons. The van der Waals surface area contributed by atoms with Gasteiger partial charge in [0.2, 0.25) is 5.91 Å². The molecule has 0 unspecified atom stereocenters. The molecule has 20 heavy (non-hydrogen) atoms. The predicted octanol–water partition coefficient (Wildman–Crippen LogP) is 3.56. The molecule has 2 aromatic carbocycles. The van der Waals surface area contributed by atoms with Crippen molar-refractivity contribution in [3.05, 3.63) is 57.8 Å². The lowest BCUT2D eigenvalue weighted by Gasteiger charge is -2.08. The van der Waals surface area contributed by atoms with Crippen molar-refractivity contribution in [2.75, 3.05) is 5.73 Å². The van der Waals surface area contributed by atoms with Crippen LogP contribution in [-0.4, -0.2) is 5.91 Å². The van der Waals surface area contributed by atoms with E-state index in [1.165, 1.54) is 30.0 Å². The van der Waals surface area contributed by atoms with Crippen molar-refractivity contribution in [2.45, 2.75) is 10.6 Å². The Balaban J connectivity index is 2.18. The molecule has 2 rings (SSSR count). The molecular weight excluding hydrogens is 343 g/mol. The number of hydrogen-bond acceptors (Lipinski definition) is 3. The van der Waals surface area contributed by atoms with Crippen molar-refractivity contribution < 1.29 is 9.18 Å². The third-order valence-corrected chi connectivity index (χ3v) is 4.32. The number of carbonyl (C=O) groups excluding carboxylic acids is 1. The first-order chi connectivity index (χ1) is 9.47. The van der Waals surface area contributed by atoms with Gasteiger partial charge in [0, 0.05) is 26.4 Å². The van der Waals surface area contributed by atoms with Gasteiger partial charge in [0.05, 0.1) is 0 Å². The summed E-state index contributed by atoms with van der Waals surface area (Å²) in [4.78, 5) is 12.0. The quantitative estimate of drug-likeness (QED) is 0.651. The van der Waals surface area contributed by atoms with E-state index < -0.39 is 5.91 Å². The zero-order valence-electron chi connectivity index (χ0n) is 10.4. The highest BCUT2D eigenvalue weighted by Crippen LogP contribution is 2.31. The number of hydrogen-bond donors (Lipinski definition) is 2. The van der Waals surface area contributed by atoms with Gasteiger partial charge >= 0.3 is 0 Å². The van der Waals surface area contributed by atoms with Gasteiger partial charge in [0.1, 0.15) is 5.82 Å². The average Bonchev–Trinajstić information content (AvgIpc) is 2.39. The molecule has 0 aliphatic carbocycles. The molecule has 0 atom stereocenters. The number of halogens is 2. The molecule has 0 saturated heterocycles. The van der Waals surface area contributed by atoms with Crippen LogP contribution >= 0.6 is 27.7 Å². The molecule has 0 bridgehead atoms. The minimum Gasteiger partial charge on any atom is -0.398 e. The number of anilines is 1. The topological polar surface area (TPSA) is 69.1 Å². The van der Waals surface area contributed by atoms with Gasteiger partial charge < -0.3 is 11.5 Å². The molecule has 0 aromatic heterocycles. The van der Waals surface area contributed by atoms with Crippen LogP contribution in [0, 0.1) is 5.82 Å². The fourth-order valence-corrected chi connectivity index (χ4v) is 2.95. The second kappa shape index (κ2) is 6.28. The lowest BCUT2D eigenvalue weighted by atomic mass is 10.1. The molecular formula is C14H12BrFN2OS. The molecule has 0 spiro atoms. The molecule has 1 amide bonds. The van der Waals surface area contributed by atoms with Gasteiger partial charge in [-0.15, -0.1) is 11.8 Å². The number of primary amides is 1. The molecule has 4 N–H and O–H groups in total. The second-order valence-corrected chi connectivity index (χ2v) is 6.07. The minimum absolute atomic E-state index is 0.297. The first-order valence-corrected chi connectivity index (χ1v) is 7.51. The van der Waals surface area contributed by atoms with Crippen molar-refractivity contribution in [3.8, 4) is 0 Å². The molecule has 6 heteroatoms. The van der Waals surface area contributed by atoms with E-state index in [9.17, 15) is 9.18 Å². The summed E-state index contributed by atoms with van der Waals surface area (Å²) in [6.07, 6.45) is 0. The van der Waals surface area contributed by atoms with Crippen LogP contribution in [0.4, 0.5) is 10.1 Å². The summed E-state index contributed by atoms with van der Waals surface area (Å²) < 4.78 is 14.6. The smallest absolute Gasteiger partial charge is 0.248 e. The number of benzene rings is 2. The third kappa shape index (κ3) is 3.52. The van der Waals surface area contributed by atoms with E-state index in [-0.39, 0.29) is 5.82 Å². The fourth-order valence-electron chi connectivity index (χ4n) is 1.64. The average molecular weight is 355 g/mol. The lowest BCUT2D eigenvalue weighted by molar-refractivity contribution is 0.1000. The Morgan fingerprint density at radius 2 is 2.00 bits per heavy atom. The maximum absolute atomic E-state index is 13.7. The summed E-state index contributed by atoms with van der Waals surface area (Å²) in [6, 6.07) is 9.62. The predicted molar refractivity (Wildman–Crippen MR) is 83.0 cm³/mol. The summed E-state index contributed by atoms with van der Waals surface area (Å²) in [6.45, 7) is 0. The van der Waals surface area contributed by atoms with E-state index in [2.05, 4.69) is 15.9 Å². The fraction of sp³-hybridized carbons (Fsp3) is 0.0714. The molecule has 0 aliphatic heterocycles. The Kier molecular flexibility index (Phi) is 4.67. The standard InChI is InChI=1S/C14H12BrFN2OS/c15-10-2-4-13(12(17)6-10)20-7-9-5-8(14(18)19)1-3-11(9)16/h1-6H,7,17H2,(H2,18,19). The number of nitrogens with two attached hydrogens (primary N) is 2. The zero-order valence-corrected chi connectivity index (χ0v) is 12.8. The van der Waals surface area contributed by atoms with E-state index in [1.54, 1.807) is 6.07 Å². The largest absolute Gasteiger partial charge is 0.398 e. The molecule has 0 radical (unpaired) electrons. The Labute approximate surface area is 128 Å². The number of carbonyl (C=O) groups is 1. The SMILES string of the molecule is NC(=O)c1ccc(F)c(CSc2ccc(Br)cc2N)c1. The van der Waals surface area contributed by atoms with E-state index in [0.29, 0.717) is 22.6 Å². The normalized spacial score (nSPS) is 10.5. The van der Waals surface area contributed by atoms with E-state index >= 15 is 0 Å². The third-order valence-electron chi connectivity index (χ3n) is 2.69. The highest BCUT2D eigenvalue weighted by atomic mass is 79.9. The van der Waals surface area contributed by atoms with Gasteiger partial charge in [0.25, 0.3) is 0 Å². The second-order valence-electron chi connectivity index (χ2n) is 4.14. The molecule has 0 saturated carbocycles. The summed E-state index contributed by atoms with van der Waals surface area (Å²) >= 11 is 4.73. The van der Waals surface area contributed by atoms with Crippen molar-refractivity contribution in [1.29, 1.82) is 0 Å². The highest BCUT2D eigenvalue weighted by Gasteiger charge is 2.09. The van der Waals surface area contributed by atoms with Gasteiger partial charge in [-0.1, -0.05) is 15.9 Å². The van der Waals surface area contributed by atoms with Gasteiger partial charge in [-0.2, -0.15) is 0 Å². The summed E-state index contributed by atoms with van der Waals surface area (Å²) in [7, 11) is 0. The Hall–Kier alpha value is -1.53. The van der Waals surface area contributed by atoms with Gasteiger partial charge in [-0.3, -0.25) is 4.79 Å². The van der Waals surface area contributed by atoms with E-state index in [0.717, 1.165) is 9.37 Å². The first kappa shape index (κ1) is 14.9. The van der Waals surface area contributed by atoms with Gasteiger partial charge in [0.15, 0.2) is 0 Å². The summed E-state index contributed by atoms with van der Waals surface area (Å²) in [5.74, 6) is -0.559. The first-order valence-electron chi connectivity index (χ1n) is 5.73. The van der Waals surface area contributed by atoms with Crippen LogP contribution in [0.1, 0.15) is 15.9 Å². The van der Waals surface area contributed by atoms with Crippen molar-refractivity contribution in [3.63, 3.8) is 0 Å². The summed E-state index contributed by atoms with van der Waals surface area (Å²) in [5, 5.41) is 0. The lowest BCUT2D eigenvalue weighted by Crippen LogP contribution is -2.11. The van der Waals surface area contributed by atoms with Crippen LogP contribution < -0.4 is 11.5 Å². The Morgan fingerprint density at radius 3 is 2.65 bits per heavy atom. The minimum atomic E-state index is -0.570. The van der Waals surface area contributed by atoms with Gasteiger partial charge in [-0.25, -0.2) is 4.39 Å². The van der Waals surface area contributed by atoms with Crippen LogP contribution in [0.5, 0.6) is 0 Å². The molecule has 2 aromatic rings. The Bertz CT molecular complexity index is 664. The molecule has 0 heterocycles. The number of rotatable bonds is 4. The Morgan fingerprint density at radius 1 is 1.25 bits per heavy atom. The van der Waals surface area contributed by atoms with Crippen LogP contribution in [0.3, 0.4) is 0 Å². The van der Waals surface area contributed by atoms with Crippen molar-refractivity contribution in [2.24, 2.45) is 5.73 Å². The highest BCUT2D eigenvalue weighted by molar-refractivity contribution is 9.10. The summed E-state index contributed by atoms with van der Waals surface area (Å²) in [5.41, 5.74) is 12.4. The number of nitrogen functional groups attached to an aromatic ring is 1. The van der Waals surface area contributed by atoms with Gasteiger partial charge in [-0.05, 0) is 42.0 Å². The van der Waals surface area contributed by atoms with Crippen LogP contribution in [0.25, 0.3) is 0 Å². The van der Waals surface area contributed by atoms with E-state index in [1.807, 2.05) is 12.1 Å². The maximum Gasteiger partial charge on any atom is 0.248 e.